The molecule has 1 atom stereocenters. The molecule has 1 unspecified atom stereocenters. The molecule has 0 radical (unpaired) electrons. The van der Waals surface area contributed by atoms with Crippen molar-refractivity contribution in [3.8, 4) is 0 Å². The highest BCUT2D eigenvalue weighted by atomic mass is 127. The number of hydrogen-bond donors (Lipinski definition) is 1. The van der Waals surface area contributed by atoms with Crippen molar-refractivity contribution in [2.45, 2.75) is 49.3 Å². The highest BCUT2D eigenvalue weighted by Gasteiger charge is 2.34. The zero-order chi connectivity index (χ0) is 20.3. The van der Waals surface area contributed by atoms with E-state index in [-0.39, 0.29) is 12.3 Å². The summed E-state index contributed by atoms with van der Waals surface area (Å²) in [7, 11) is -1.99. The van der Waals surface area contributed by atoms with E-state index in [1.807, 2.05) is 36.4 Å². The topological polar surface area (TPSA) is 74.7 Å². The second-order valence-corrected chi connectivity index (χ2v) is 10.3. The van der Waals surface area contributed by atoms with Crippen molar-refractivity contribution in [1.29, 1.82) is 0 Å². The smallest absolute Gasteiger partial charge is 0.303 e. The lowest BCUT2D eigenvalue weighted by Gasteiger charge is -2.21. The predicted octanol–water partition coefficient (Wildman–Crippen LogP) is 4.99. The summed E-state index contributed by atoms with van der Waals surface area (Å²) in [5.74, 6) is -0.753. The van der Waals surface area contributed by atoms with Gasteiger partial charge in [0, 0.05) is 23.0 Å². The van der Waals surface area contributed by atoms with Crippen LogP contribution in [-0.4, -0.2) is 26.5 Å². The van der Waals surface area contributed by atoms with E-state index in [0.717, 1.165) is 46.1 Å². The number of benzene rings is 2. The standard InChI is InChI=1S/C21H24INO4S/c1-23-19-10-7-6-9-17(19)16(8-4-2-3-5-11-21(24)25)18-13-12-15(22)14-20(18)28(23,26)27/h6-7,9-10,12-14,16H,2-5,8,11H2,1H3,(H,24,25). The molecule has 0 bridgehead atoms. The van der Waals surface area contributed by atoms with E-state index in [0.29, 0.717) is 11.3 Å². The first-order valence-corrected chi connectivity index (χ1v) is 11.9. The SMILES string of the molecule is CN1c2ccccc2C(CCCCCCC(=O)O)c2ccc(I)cc2S1(=O)=O. The molecule has 0 fully saturated rings. The summed E-state index contributed by atoms with van der Waals surface area (Å²) in [4.78, 5) is 11.0. The summed E-state index contributed by atoms with van der Waals surface area (Å²) in [6.07, 6.45) is 4.46. The second-order valence-electron chi connectivity index (χ2n) is 7.11. The van der Waals surface area contributed by atoms with Crippen LogP contribution in [0.4, 0.5) is 5.69 Å². The molecule has 1 aliphatic rings. The third kappa shape index (κ3) is 4.35. The van der Waals surface area contributed by atoms with E-state index < -0.39 is 16.0 Å². The lowest BCUT2D eigenvalue weighted by atomic mass is 9.85. The first-order valence-electron chi connectivity index (χ1n) is 9.41. The summed E-state index contributed by atoms with van der Waals surface area (Å²) < 4.78 is 28.7. The molecule has 2 aromatic rings. The molecule has 0 amide bonds. The molecule has 7 heteroatoms. The van der Waals surface area contributed by atoms with Gasteiger partial charge in [-0.15, -0.1) is 0 Å². The van der Waals surface area contributed by atoms with Crippen molar-refractivity contribution in [3.05, 3.63) is 57.2 Å². The molecule has 0 aromatic heterocycles. The fourth-order valence-electron chi connectivity index (χ4n) is 3.82. The van der Waals surface area contributed by atoms with Crippen LogP contribution in [0.15, 0.2) is 47.4 Å². The molecule has 28 heavy (non-hydrogen) atoms. The van der Waals surface area contributed by atoms with Gasteiger partial charge < -0.3 is 5.11 Å². The molecule has 2 aromatic carbocycles. The van der Waals surface area contributed by atoms with Crippen LogP contribution in [0.2, 0.25) is 0 Å². The van der Waals surface area contributed by atoms with Crippen molar-refractivity contribution in [3.63, 3.8) is 0 Å². The Hall–Kier alpha value is -1.61. The zero-order valence-electron chi connectivity index (χ0n) is 15.8. The Labute approximate surface area is 180 Å². The highest BCUT2D eigenvalue weighted by molar-refractivity contribution is 14.1. The van der Waals surface area contributed by atoms with Crippen molar-refractivity contribution in [2.24, 2.45) is 0 Å². The lowest BCUT2D eigenvalue weighted by molar-refractivity contribution is -0.137. The number of unbranched alkanes of at least 4 members (excludes halogenated alkanes) is 3. The first kappa shape index (κ1) is 21.1. The summed E-state index contributed by atoms with van der Waals surface area (Å²) in [6.45, 7) is 0. The molecule has 0 spiro atoms. The molecule has 0 saturated heterocycles. The van der Waals surface area contributed by atoms with Gasteiger partial charge in [0.15, 0.2) is 0 Å². The maximum Gasteiger partial charge on any atom is 0.303 e. The van der Waals surface area contributed by atoms with Gasteiger partial charge in [0.2, 0.25) is 0 Å². The number of aliphatic carboxylic acids is 1. The number of nitrogens with zero attached hydrogens (tertiary/aromatic N) is 1. The normalized spacial score (nSPS) is 17.5. The number of sulfonamides is 1. The number of fused-ring (bicyclic) bond motifs is 2. The molecule has 3 rings (SSSR count). The average Bonchev–Trinajstić information content (AvgIpc) is 2.72. The fraction of sp³-hybridized carbons (Fsp3) is 0.381. The summed E-state index contributed by atoms with van der Waals surface area (Å²) in [6, 6.07) is 13.4. The lowest BCUT2D eigenvalue weighted by Crippen LogP contribution is -2.26. The minimum Gasteiger partial charge on any atom is -0.481 e. The Morgan fingerprint density at radius 1 is 1.07 bits per heavy atom. The van der Waals surface area contributed by atoms with Gasteiger partial charge in [0.05, 0.1) is 10.6 Å². The van der Waals surface area contributed by atoms with E-state index in [1.165, 1.54) is 4.31 Å². The van der Waals surface area contributed by atoms with Crippen molar-refractivity contribution < 1.29 is 18.3 Å². The maximum absolute atomic E-state index is 13.2. The van der Waals surface area contributed by atoms with E-state index in [4.69, 9.17) is 5.11 Å². The average molecular weight is 513 g/mol. The Morgan fingerprint density at radius 2 is 1.79 bits per heavy atom. The van der Waals surface area contributed by atoms with E-state index in [1.54, 1.807) is 13.1 Å². The minimum absolute atomic E-state index is 0.00222. The van der Waals surface area contributed by atoms with Gasteiger partial charge in [-0.3, -0.25) is 9.10 Å². The zero-order valence-corrected chi connectivity index (χ0v) is 18.7. The molecule has 1 heterocycles. The van der Waals surface area contributed by atoms with Crippen LogP contribution in [0.25, 0.3) is 0 Å². The number of carbonyl (C=O) groups is 1. The van der Waals surface area contributed by atoms with Crippen LogP contribution in [0.1, 0.15) is 55.6 Å². The highest BCUT2D eigenvalue weighted by Crippen LogP contribution is 2.43. The van der Waals surface area contributed by atoms with Crippen molar-refractivity contribution in [2.75, 3.05) is 11.4 Å². The number of para-hydroxylation sites is 1. The van der Waals surface area contributed by atoms with Crippen molar-refractivity contribution in [1.82, 2.24) is 0 Å². The third-order valence-corrected chi connectivity index (χ3v) is 7.77. The van der Waals surface area contributed by atoms with Gasteiger partial charge in [-0.2, -0.15) is 0 Å². The van der Waals surface area contributed by atoms with Gasteiger partial charge in [-0.25, -0.2) is 8.42 Å². The number of halogens is 1. The van der Waals surface area contributed by atoms with Gasteiger partial charge in [0.1, 0.15) is 0 Å². The minimum atomic E-state index is -3.61. The predicted molar refractivity (Wildman–Crippen MR) is 118 cm³/mol. The summed E-state index contributed by atoms with van der Waals surface area (Å²) >= 11 is 2.15. The molecule has 1 aliphatic heterocycles. The largest absolute Gasteiger partial charge is 0.481 e. The van der Waals surface area contributed by atoms with Crippen LogP contribution in [0.3, 0.4) is 0 Å². The molecular formula is C21H24INO4S. The number of anilines is 1. The van der Waals surface area contributed by atoms with Crippen LogP contribution in [-0.2, 0) is 14.8 Å². The Balaban J connectivity index is 1.93. The second kappa shape index (κ2) is 8.82. The monoisotopic (exact) mass is 513 g/mol. The van der Waals surface area contributed by atoms with Gasteiger partial charge in [-0.1, -0.05) is 43.5 Å². The Bertz CT molecular complexity index is 974. The van der Waals surface area contributed by atoms with Crippen LogP contribution >= 0.6 is 22.6 Å². The molecule has 0 saturated carbocycles. The maximum atomic E-state index is 13.2. The molecular weight excluding hydrogens is 489 g/mol. The summed E-state index contributed by atoms with van der Waals surface area (Å²) in [5, 5.41) is 8.76. The van der Waals surface area contributed by atoms with Gasteiger partial charge >= 0.3 is 5.97 Å². The third-order valence-electron chi connectivity index (χ3n) is 5.27. The number of rotatable bonds is 7. The van der Waals surface area contributed by atoms with E-state index >= 15 is 0 Å². The Morgan fingerprint density at radius 3 is 2.54 bits per heavy atom. The van der Waals surface area contributed by atoms with Crippen LogP contribution in [0, 0.1) is 3.57 Å². The summed E-state index contributed by atoms with van der Waals surface area (Å²) in [5.41, 5.74) is 2.60. The molecule has 0 aliphatic carbocycles. The van der Waals surface area contributed by atoms with Crippen LogP contribution in [0.5, 0.6) is 0 Å². The number of carboxylic acid groups (broad SMARTS) is 1. The molecule has 150 valence electrons. The van der Waals surface area contributed by atoms with Gasteiger partial charge in [0.25, 0.3) is 10.0 Å². The van der Waals surface area contributed by atoms with Crippen LogP contribution < -0.4 is 4.31 Å². The fourth-order valence-corrected chi connectivity index (χ4v) is 6.03. The number of hydrogen-bond acceptors (Lipinski definition) is 3. The quantitative estimate of drug-likeness (QED) is 0.419. The van der Waals surface area contributed by atoms with Crippen molar-refractivity contribution >= 4 is 44.3 Å². The number of carboxylic acids is 1. The van der Waals surface area contributed by atoms with E-state index in [9.17, 15) is 13.2 Å². The Kier molecular flexibility index (Phi) is 6.65. The van der Waals surface area contributed by atoms with Gasteiger partial charge in [-0.05, 0) is 64.8 Å². The van der Waals surface area contributed by atoms with E-state index in [2.05, 4.69) is 22.6 Å². The molecule has 1 N–H and O–H groups in total. The molecule has 5 nitrogen and oxygen atoms in total. The first-order chi connectivity index (χ1) is 13.3.